The number of ether oxygens (including phenoxy) is 1. The SMILES string of the molecule is CCc1ccccc1CC1C(=O)C(OCC(F)(F)F)=CN1C. The molecule has 1 aliphatic heterocycles. The third-order valence-corrected chi connectivity index (χ3v) is 3.66. The molecule has 1 unspecified atom stereocenters. The number of likely N-dealkylation sites (N-methyl/N-ethyl adjacent to an activating group) is 1. The van der Waals surface area contributed by atoms with Crippen molar-refractivity contribution in [2.45, 2.75) is 32.0 Å². The lowest BCUT2D eigenvalue weighted by Gasteiger charge is -2.20. The van der Waals surface area contributed by atoms with Crippen LogP contribution in [0.25, 0.3) is 0 Å². The van der Waals surface area contributed by atoms with E-state index in [1.807, 2.05) is 31.2 Å². The van der Waals surface area contributed by atoms with Gasteiger partial charge in [-0.2, -0.15) is 13.2 Å². The molecule has 1 aliphatic rings. The van der Waals surface area contributed by atoms with Crippen LogP contribution in [-0.4, -0.2) is 36.6 Å². The number of nitrogens with zero attached hydrogens (tertiary/aromatic N) is 1. The third kappa shape index (κ3) is 3.81. The fourth-order valence-corrected chi connectivity index (χ4v) is 2.50. The van der Waals surface area contributed by atoms with Crippen LogP contribution in [0, 0.1) is 0 Å². The highest BCUT2D eigenvalue weighted by Gasteiger charge is 2.36. The van der Waals surface area contributed by atoms with Gasteiger partial charge in [0.15, 0.2) is 12.4 Å². The van der Waals surface area contributed by atoms with Crippen molar-refractivity contribution in [1.29, 1.82) is 0 Å². The molecule has 120 valence electrons. The Kier molecular flexibility index (Phi) is 4.78. The van der Waals surface area contributed by atoms with Crippen molar-refractivity contribution < 1.29 is 22.7 Å². The maximum absolute atomic E-state index is 12.2. The summed E-state index contributed by atoms with van der Waals surface area (Å²) < 4.78 is 41.2. The molecule has 1 aromatic carbocycles. The van der Waals surface area contributed by atoms with Crippen molar-refractivity contribution in [2.24, 2.45) is 0 Å². The van der Waals surface area contributed by atoms with E-state index in [2.05, 4.69) is 4.74 Å². The van der Waals surface area contributed by atoms with Crippen molar-refractivity contribution in [1.82, 2.24) is 4.90 Å². The molecule has 6 heteroatoms. The van der Waals surface area contributed by atoms with Gasteiger partial charge >= 0.3 is 6.18 Å². The van der Waals surface area contributed by atoms with Gasteiger partial charge in [0.1, 0.15) is 0 Å². The van der Waals surface area contributed by atoms with E-state index in [9.17, 15) is 18.0 Å². The highest BCUT2D eigenvalue weighted by atomic mass is 19.4. The summed E-state index contributed by atoms with van der Waals surface area (Å²) in [6.07, 6.45) is -1.82. The fraction of sp³-hybridized carbons (Fsp3) is 0.438. The van der Waals surface area contributed by atoms with Crippen LogP contribution in [0.5, 0.6) is 0 Å². The van der Waals surface area contributed by atoms with Crippen molar-refractivity contribution >= 4 is 5.78 Å². The number of Topliss-reactive ketones (excluding diaryl/α,β-unsaturated/α-hetero) is 1. The zero-order valence-electron chi connectivity index (χ0n) is 12.5. The molecule has 0 radical (unpaired) electrons. The number of hydrogen-bond donors (Lipinski definition) is 0. The van der Waals surface area contributed by atoms with Gasteiger partial charge in [-0.15, -0.1) is 0 Å². The van der Waals surface area contributed by atoms with Crippen LogP contribution in [0.15, 0.2) is 36.2 Å². The van der Waals surface area contributed by atoms with Gasteiger partial charge in [0.05, 0.1) is 6.04 Å². The maximum atomic E-state index is 12.2. The highest BCUT2D eigenvalue weighted by molar-refractivity contribution is 6.00. The van der Waals surface area contributed by atoms with Crippen LogP contribution in [0.3, 0.4) is 0 Å². The van der Waals surface area contributed by atoms with E-state index >= 15 is 0 Å². The van der Waals surface area contributed by atoms with Crippen LogP contribution in [0.1, 0.15) is 18.1 Å². The topological polar surface area (TPSA) is 29.5 Å². The summed E-state index contributed by atoms with van der Waals surface area (Å²) in [6.45, 7) is 0.575. The summed E-state index contributed by atoms with van der Waals surface area (Å²) in [5.41, 5.74) is 2.16. The average Bonchev–Trinajstić information content (AvgIpc) is 2.72. The summed E-state index contributed by atoms with van der Waals surface area (Å²) in [6, 6.07) is 7.23. The summed E-state index contributed by atoms with van der Waals surface area (Å²) >= 11 is 0. The van der Waals surface area contributed by atoms with Gasteiger partial charge in [-0.3, -0.25) is 4.79 Å². The minimum absolute atomic E-state index is 0.223. The number of carbonyl (C=O) groups is 1. The van der Waals surface area contributed by atoms with Crippen molar-refractivity contribution in [3.63, 3.8) is 0 Å². The van der Waals surface area contributed by atoms with Crippen molar-refractivity contribution in [2.75, 3.05) is 13.7 Å². The third-order valence-electron chi connectivity index (χ3n) is 3.66. The standard InChI is InChI=1S/C16H18F3NO2/c1-3-11-6-4-5-7-12(11)8-13-15(21)14(9-20(13)2)22-10-16(17,18)19/h4-7,9,13H,3,8,10H2,1-2H3. The number of carbonyl (C=O) groups excluding carboxylic acids is 1. The molecule has 3 nitrogen and oxygen atoms in total. The first kappa shape index (κ1) is 16.4. The predicted molar refractivity (Wildman–Crippen MR) is 76.2 cm³/mol. The Morgan fingerprint density at radius 2 is 1.86 bits per heavy atom. The minimum atomic E-state index is -4.45. The van der Waals surface area contributed by atoms with Gasteiger partial charge in [0.2, 0.25) is 5.78 Å². The molecule has 0 saturated carbocycles. The Morgan fingerprint density at radius 1 is 1.23 bits per heavy atom. The molecular formula is C16H18F3NO2. The second kappa shape index (κ2) is 6.42. The molecule has 0 spiro atoms. The number of rotatable bonds is 5. The fourth-order valence-electron chi connectivity index (χ4n) is 2.50. The molecule has 0 fully saturated rings. The smallest absolute Gasteiger partial charge is 0.422 e. The molecule has 0 N–H and O–H groups in total. The van der Waals surface area contributed by atoms with E-state index in [0.717, 1.165) is 17.5 Å². The van der Waals surface area contributed by atoms with Gasteiger partial charge in [-0.25, -0.2) is 0 Å². The summed E-state index contributed by atoms with van der Waals surface area (Å²) in [4.78, 5) is 13.8. The second-order valence-electron chi connectivity index (χ2n) is 5.27. The van der Waals surface area contributed by atoms with Crippen LogP contribution in [-0.2, 0) is 22.4 Å². The normalized spacial score (nSPS) is 18.6. The Hall–Kier alpha value is -1.98. The van der Waals surface area contributed by atoms with Gasteiger partial charge in [-0.1, -0.05) is 31.2 Å². The average molecular weight is 313 g/mol. The number of benzene rings is 1. The molecule has 0 amide bonds. The Balaban J connectivity index is 2.07. The second-order valence-corrected chi connectivity index (χ2v) is 5.27. The molecule has 22 heavy (non-hydrogen) atoms. The van der Waals surface area contributed by atoms with Gasteiger partial charge < -0.3 is 9.64 Å². The van der Waals surface area contributed by atoms with E-state index in [-0.39, 0.29) is 5.76 Å². The van der Waals surface area contributed by atoms with Gasteiger partial charge in [0.25, 0.3) is 0 Å². The molecule has 0 aromatic heterocycles. The van der Waals surface area contributed by atoms with Crippen LogP contribution >= 0.6 is 0 Å². The largest absolute Gasteiger partial charge is 0.479 e. The molecular weight excluding hydrogens is 295 g/mol. The van der Waals surface area contributed by atoms with E-state index in [1.165, 1.54) is 6.20 Å². The first-order chi connectivity index (χ1) is 10.3. The van der Waals surface area contributed by atoms with Gasteiger partial charge in [-0.05, 0) is 17.5 Å². The van der Waals surface area contributed by atoms with Crippen molar-refractivity contribution in [3.8, 4) is 0 Å². The number of aryl methyl sites for hydroxylation is 1. The monoisotopic (exact) mass is 313 g/mol. The summed E-state index contributed by atoms with van der Waals surface area (Å²) in [7, 11) is 1.67. The zero-order valence-corrected chi connectivity index (χ0v) is 12.5. The quantitative estimate of drug-likeness (QED) is 0.836. The Labute approximate surface area is 127 Å². The summed E-state index contributed by atoms with van der Waals surface area (Å²) in [5, 5.41) is 0. The zero-order chi connectivity index (χ0) is 16.3. The lowest BCUT2D eigenvalue weighted by atomic mass is 9.97. The van der Waals surface area contributed by atoms with Crippen molar-refractivity contribution in [3.05, 3.63) is 47.4 Å². The van der Waals surface area contributed by atoms with Crippen LogP contribution in [0.4, 0.5) is 13.2 Å². The molecule has 0 bridgehead atoms. The molecule has 1 atom stereocenters. The maximum Gasteiger partial charge on any atom is 0.422 e. The van der Waals surface area contributed by atoms with E-state index in [1.54, 1.807) is 11.9 Å². The molecule has 2 rings (SSSR count). The van der Waals surface area contributed by atoms with E-state index in [4.69, 9.17) is 0 Å². The lowest BCUT2D eigenvalue weighted by molar-refractivity contribution is -0.166. The Morgan fingerprint density at radius 3 is 2.45 bits per heavy atom. The lowest BCUT2D eigenvalue weighted by Crippen LogP contribution is -2.32. The minimum Gasteiger partial charge on any atom is -0.479 e. The molecule has 0 saturated heterocycles. The number of hydrogen-bond acceptors (Lipinski definition) is 3. The van der Waals surface area contributed by atoms with Crippen LogP contribution < -0.4 is 0 Å². The van der Waals surface area contributed by atoms with E-state index < -0.39 is 24.6 Å². The first-order valence-corrected chi connectivity index (χ1v) is 7.06. The number of halogens is 3. The highest BCUT2D eigenvalue weighted by Crippen LogP contribution is 2.25. The first-order valence-electron chi connectivity index (χ1n) is 7.06. The van der Waals surface area contributed by atoms with Gasteiger partial charge in [0, 0.05) is 19.7 Å². The Bertz CT molecular complexity index is 581. The molecule has 0 aliphatic carbocycles. The van der Waals surface area contributed by atoms with E-state index in [0.29, 0.717) is 6.42 Å². The summed E-state index contributed by atoms with van der Waals surface area (Å²) in [5.74, 6) is -0.628. The molecule has 1 aromatic rings. The number of alkyl halides is 3. The predicted octanol–water partition coefficient (Wildman–Crippen LogP) is 3.09. The molecule has 1 heterocycles. The number of ketones is 1. The van der Waals surface area contributed by atoms with Crippen LogP contribution in [0.2, 0.25) is 0 Å².